The number of nitrogens with zero attached hydrogens (tertiary/aromatic N) is 4. The van der Waals surface area contributed by atoms with Gasteiger partial charge in [0.15, 0.2) is 11.9 Å². The maximum atomic E-state index is 12.2. The lowest BCUT2D eigenvalue weighted by Gasteiger charge is -2.12. The molecule has 154 valence electrons. The molecular weight excluding hydrogens is 385 g/mol. The highest BCUT2D eigenvalue weighted by Gasteiger charge is 2.38. The monoisotopic (exact) mass is 404 g/mol. The number of rotatable bonds is 6. The van der Waals surface area contributed by atoms with Gasteiger partial charge >= 0.3 is 12.1 Å². The van der Waals surface area contributed by atoms with Crippen molar-refractivity contribution >= 4 is 22.8 Å². The maximum absolute atomic E-state index is 12.2. The van der Waals surface area contributed by atoms with Gasteiger partial charge in [-0.1, -0.05) is 0 Å². The van der Waals surface area contributed by atoms with Crippen LogP contribution < -0.4 is 11.1 Å². The van der Waals surface area contributed by atoms with Crippen LogP contribution in [-0.4, -0.2) is 67.4 Å². The Labute approximate surface area is 156 Å². The lowest BCUT2D eigenvalue weighted by atomic mass is 10.2. The van der Waals surface area contributed by atoms with Crippen molar-refractivity contribution in [3.63, 3.8) is 0 Å². The zero-order valence-corrected chi connectivity index (χ0v) is 14.6. The molecule has 1 amide bonds. The van der Waals surface area contributed by atoms with Crippen LogP contribution in [0.15, 0.2) is 6.33 Å². The molecule has 13 heteroatoms. The number of hydrogen-bond donors (Lipinski definition) is 4. The van der Waals surface area contributed by atoms with Gasteiger partial charge in [-0.2, -0.15) is 18.3 Å². The van der Waals surface area contributed by atoms with Crippen LogP contribution in [-0.2, 0) is 16.0 Å². The summed E-state index contributed by atoms with van der Waals surface area (Å²) in [6, 6.07) is 0. The number of carbonyl (C=O) groups excluding carboxylic acids is 1. The van der Waals surface area contributed by atoms with E-state index in [1.165, 1.54) is 11.0 Å². The minimum atomic E-state index is -4.93. The first-order valence-electron chi connectivity index (χ1n) is 8.49. The number of anilines is 1. The Balaban J connectivity index is 1.77. The molecule has 0 spiro atoms. The Morgan fingerprint density at radius 2 is 2.18 bits per heavy atom. The predicted octanol–water partition coefficient (Wildman–Crippen LogP) is -0.340. The molecule has 0 aliphatic carbocycles. The molecule has 28 heavy (non-hydrogen) atoms. The lowest BCUT2D eigenvalue weighted by molar-refractivity contribution is -0.173. The molecule has 1 aliphatic rings. The topological polar surface area (TPSA) is 148 Å². The van der Waals surface area contributed by atoms with E-state index in [2.05, 4.69) is 15.1 Å². The minimum Gasteiger partial charge on any atom is -0.394 e. The molecule has 3 heterocycles. The van der Waals surface area contributed by atoms with Crippen molar-refractivity contribution in [1.29, 1.82) is 0 Å². The molecule has 0 aromatic carbocycles. The number of carbonyl (C=O) groups is 1. The van der Waals surface area contributed by atoms with Crippen LogP contribution >= 0.6 is 0 Å². The van der Waals surface area contributed by atoms with Crippen LogP contribution in [0.25, 0.3) is 11.0 Å². The Morgan fingerprint density at radius 1 is 1.43 bits per heavy atom. The van der Waals surface area contributed by atoms with Gasteiger partial charge in [0.25, 0.3) is 0 Å². The van der Waals surface area contributed by atoms with E-state index in [4.69, 9.17) is 10.5 Å². The zero-order chi connectivity index (χ0) is 20.5. The van der Waals surface area contributed by atoms with Crippen LogP contribution in [0.5, 0.6) is 0 Å². The van der Waals surface area contributed by atoms with Crippen molar-refractivity contribution in [1.82, 2.24) is 25.1 Å². The normalized spacial score (nSPS) is 22.7. The van der Waals surface area contributed by atoms with Gasteiger partial charge in [-0.3, -0.25) is 4.79 Å². The maximum Gasteiger partial charge on any atom is 0.471 e. The van der Waals surface area contributed by atoms with E-state index in [0.29, 0.717) is 16.7 Å². The Hall–Kier alpha value is -2.51. The van der Waals surface area contributed by atoms with Crippen LogP contribution in [0.1, 0.15) is 24.8 Å². The highest BCUT2D eigenvalue weighted by molar-refractivity contribution is 5.88. The summed E-state index contributed by atoms with van der Waals surface area (Å²) in [5.74, 6) is -1.86. The predicted molar refractivity (Wildman–Crippen MR) is 88.7 cm³/mol. The van der Waals surface area contributed by atoms with E-state index >= 15 is 0 Å². The van der Waals surface area contributed by atoms with Gasteiger partial charge in [-0.15, -0.1) is 0 Å². The first-order valence-corrected chi connectivity index (χ1v) is 8.49. The second-order valence-electron chi connectivity index (χ2n) is 6.32. The Kier molecular flexibility index (Phi) is 5.67. The number of nitrogens with one attached hydrogen (secondary N) is 1. The summed E-state index contributed by atoms with van der Waals surface area (Å²) in [7, 11) is 0. The van der Waals surface area contributed by atoms with Crippen LogP contribution in [0.4, 0.5) is 19.0 Å². The average Bonchev–Trinajstić information content (AvgIpc) is 3.18. The van der Waals surface area contributed by atoms with Gasteiger partial charge in [-0.25, -0.2) is 14.6 Å². The Bertz CT molecular complexity index is 858. The number of aryl methyl sites for hydroxylation is 1. The number of aromatic nitrogens is 4. The third kappa shape index (κ3) is 4.00. The van der Waals surface area contributed by atoms with Crippen LogP contribution in [0.2, 0.25) is 0 Å². The number of fused-ring (bicyclic) bond motifs is 1. The van der Waals surface area contributed by atoms with Gasteiger partial charge in [0.1, 0.15) is 18.2 Å². The van der Waals surface area contributed by atoms with E-state index in [9.17, 15) is 28.2 Å². The fourth-order valence-corrected chi connectivity index (χ4v) is 3.03. The fourth-order valence-electron chi connectivity index (χ4n) is 3.03. The number of alkyl halides is 3. The van der Waals surface area contributed by atoms with E-state index in [1.807, 2.05) is 0 Å². The second kappa shape index (κ2) is 7.85. The second-order valence-corrected chi connectivity index (χ2v) is 6.32. The van der Waals surface area contributed by atoms with Crippen molar-refractivity contribution < 1.29 is 32.9 Å². The van der Waals surface area contributed by atoms with E-state index in [1.54, 1.807) is 5.32 Å². The molecule has 3 rings (SSSR count). The smallest absolute Gasteiger partial charge is 0.394 e. The molecule has 0 saturated carbocycles. The highest BCUT2D eigenvalue weighted by Crippen LogP contribution is 2.32. The molecule has 5 N–H and O–H groups in total. The van der Waals surface area contributed by atoms with Crippen molar-refractivity contribution in [3.05, 3.63) is 12.0 Å². The minimum absolute atomic E-state index is 0.142. The standard InChI is InChI=1S/C15H19F3N6O4/c16-15(17,18)14(27)20-3-1-2-7-11-12(19)21-6-22-13(11)24(23-7)10-4-8(26)9(5-25)28-10/h6,8-10,25-26H,1-5H2,(H,20,27)(H2,19,21,22)/t8-,9+,10+/m0/s1. The number of halogens is 3. The summed E-state index contributed by atoms with van der Waals surface area (Å²) in [6.45, 7) is -0.564. The van der Waals surface area contributed by atoms with E-state index in [0.717, 1.165) is 0 Å². The Morgan fingerprint density at radius 3 is 2.82 bits per heavy atom. The third-order valence-corrected chi connectivity index (χ3v) is 4.38. The van der Waals surface area contributed by atoms with Gasteiger partial charge in [0, 0.05) is 13.0 Å². The quantitative estimate of drug-likeness (QED) is 0.478. The van der Waals surface area contributed by atoms with Crippen molar-refractivity contribution in [3.8, 4) is 0 Å². The number of ether oxygens (including phenoxy) is 1. The van der Waals surface area contributed by atoms with Gasteiger partial charge in [0.2, 0.25) is 0 Å². The number of amides is 1. The summed E-state index contributed by atoms with van der Waals surface area (Å²) >= 11 is 0. The van der Waals surface area contributed by atoms with Crippen molar-refractivity contribution in [2.24, 2.45) is 0 Å². The highest BCUT2D eigenvalue weighted by atomic mass is 19.4. The van der Waals surface area contributed by atoms with Gasteiger partial charge in [0.05, 0.1) is 23.8 Å². The largest absolute Gasteiger partial charge is 0.471 e. The number of aliphatic hydroxyl groups is 2. The molecule has 1 saturated heterocycles. The zero-order valence-electron chi connectivity index (χ0n) is 14.6. The molecule has 0 unspecified atom stereocenters. The molecule has 0 bridgehead atoms. The SMILES string of the molecule is Nc1ncnc2c1c(CCCNC(=O)C(F)(F)F)nn2[C@H]1C[C@H](O)[C@@H](CO)O1. The van der Waals surface area contributed by atoms with E-state index in [-0.39, 0.29) is 38.2 Å². The first-order chi connectivity index (χ1) is 13.2. The first kappa shape index (κ1) is 20.2. The number of nitrogen functional groups attached to an aromatic ring is 1. The van der Waals surface area contributed by atoms with Crippen molar-refractivity contribution in [2.75, 3.05) is 18.9 Å². The van der Waals surface area contributed by atoms with Gasteiger partial charge in [-0.05, 0) is 12.8 Å². The summed E-state index contributed by atoms with van der Waals surface area (Å²) in [6.07, 6.45) is -5.48. The third-order valence-electron chi connectivity index (χ3n) is 4.38. The van der Waals surface area contributed by atoms with Gasteiger partial charge < -0.3 is 26.0 Å². The van der Waals surface area contributed by atoms with E-state index < -0.39 is 30.5 Å². The molecular formula is C15H19F3N6O4. The molecule has 10 nitrogen and oxygen atoms in total. The number of nitrogens with two attached hydrogens (primary N) is 1. The molecule has 1 fully saturated rings. The molecule has 0 radical (unpaired) electrons. The van der Waals surface area contributed by atoms with Crippen LogP contribution in [0, 0.1) is 0 Å². The molecule has 2 aromatic heterocycles. The number of hydrogen-bond acceptors (Lipinski definition) is 8. The summed E-state index contributed by atoms with van der Waals surface area (Å²) in [5.41, 5.74) is 6.68. The fraction of sp³-hybridized carbons (Fsp3) is 0.600. The number of aliphatic hydroxyl groups excluding tert-OH is 2. The summed E-state index contributed by atoms with van der Waals surface area (Å²) in [5, 5.41) is 25.8. The lowest BCUT2D eigenvalue weighted by Crippen LogP contribution is -2.37. The summed E-state index contributed by atoms with van der Waals surface area (Å²) < 4.78 is 43.6. The molecule has 3 atom stereocenters. The average molecular weight is 404 g/mol. The van der Waals surface area contributed by atoms with Crippen LogP contribution in [0.3, 0.4) is 0 Å². The molecule has 2 aromatic rings. The molecule has 1 aliphatic heterocycles. The van der Waals surface area contributed by atoms with Crippen molar-refractivity contribution in [2.45, 2.75) is 43.9 Å². The summed E-state index contributed by atoms with van der Waals surface area (Å²) in [4.78, 5) is 18.9.